The number of nitrogens with zero attached hydrogens (tertiary/aromatic N) is 3. The molecule has 0 saturated carbocycles. The summed E-state index contributed by atoms with van der Waals surface area (Å²) in [7, 11) is 3.43. The normalized spacial score (nSPS) is 20.8. The second-order valence-electron chi connectivity index (χ2n) is 7.06. The lowest BCUT2D eigenvalue weighted by molar-refractivity contribution is -0.161. The maximum absolute atomic E-state index is 11.6. The van der Waals surface area contributed by atoms with Crippen molar-refractivity contribution in [3.05, 3.63) is 23.9 Å². The van der Waals surface area contributed by atoms with Gasteiger partial charge in [0.05, 0.1) is 18.3 Å². The fraction of sp³-hybridized carbons (Fsp3) is 0.647. The topological polar surface area (TPSA) is 80.9 Å². The standard InChI is InChI=1S/C17H28N4O3/c1-17(2)12-21(8-13-5-6-19-15(18)7-13)9-14(24-17)10-23-11-16(22)20(3)4/h5-7,14H,8-12H2,1-4H3,(H2,18,19)/t14-/m1/s1. The van der Waals surface area contributed by atoms with Crippen LogP contribution in [0.3, 0.4) is 0 Å². The molecule has 1 aromatic heterocycles. The Hall–Kier alpha value is -1.70. The van der Waals surface area contributed by atoms with Crippen molar-refractivity contribution >= 4 is 11.7 Å². The van der Waals surface area contributed by atoms with Crippen molar-refractivity contribution < 1.29 is 14.3 Å². The zero-order valence-electron chi connectivity index (χ0n) is 15.0. The number of hydrogen-bond acceptors (Lipinski definition) is 6. The lowest BCUT2D eigenvalue weighted by Gasteiger charge is -2.42. The average Bonchev–Trinajstić information content (AvgIpc) is 2.45. The molecule has 2 heterocycles. The number of nitrogens with two attached hydrogens (primary N) is 1. The molecule has 1 aliphatic heterocycles. The summed E-state index contributed by atoms with van der Waals surface area (Å²) in [6, 6.07) is 3.86. The van der Waals surface area contributed by atoms with Crippen molar-refractivity contribution in [3.8, 4) is 0 Å². The van der Waals surface area contributed by atoms with Crippen molar-refractivity contribution in [1.29, 1.82) is 0 Å². The van der Waals surface area contributed by atoms with E-state index in [0.717, 1.165) is 25.2 Å². The molecule has 7 nitrogen and oxygen atoms in total. The molecule has 24 heavy (non-hydrogen) atoms. The molecule has 1 aliphatic rings. The number of carbonyl (C=O) groups excluding carboxylic acids is 1. The molecule has 1 aromatic rings. The predicted octanol–water partition coefficient (Wildman–Crippen LogP) is 0.748. The lowest BCUT2D eigenvalue weighted by atomic mass is 10.0. The highest BCUT2D eigenvalue weighted by atomic mass is 16.5. The average molecular weight is 336 g/mol. The summed E-state index contributed by atoms with van der Waals surface area (Å²) < 4.78 is 11.6. The van der Waals surface area contributed by atoms with E-state index in [0.29, 0.717) is 12.4 Å². The minimum atomic E-state index is -0.267. The van der Waals surface area contributed by atoms with Crippen LogP contribution in [0.4, 0.5) is 5.82 Å². The molecule has 1 fully saturated rings. The van der Waals surface area contributed by atoms with Gasteiger partial charge in [-0.05, 0) is 31.5 Å². The maximum atomic E-state index is 11.6. The first-order valence-electron chi connectivity index (χ1n) is 8.14. The Labute approximate surface area is 143 Å². The predicted molar refractivity (Wildman–Crippen MR) is 92.4 cm³/mol. The van der Waals surface area contributed by atoms with Gasteiger partial charge in [0.15, 0.2) is 0 Å². The van der Waals surface area contributed by atoms with Crippen LogP contribution in [0.15, 0.2) is 18.3 Å². The molecule has 0 radical (unpaired) electrons. The van der Waals surface area contributed by atoms with Gasteiger partial charge in [0, 0.05) is 39.9 Å². The summed E-state index contributed by atoms with van der Waals surface area (Å²) in [4.78, 5) is 19.4. The monoisotopic (exact) mass is 336 g/mol. The molecule has 0 aromatic carbocycles. The van der Waals surface area contributed by atoms with Crippen LogP contribution in [-0.2, 0) is 20.8 Å². The third-order valence-corrected chi connectivity index (χ3v) is 3.83. The van der Waals surface area contributed by atoms with Crippen LogP contribution in [0.1, 0.15) is 19.4 Å². The second-order valence-corrected chi connectivity index (χ2v) is 7.06. The number of ether oxygens (including phenoxy) is 2. The van der Waals surface area contributed by atoms with E-state index in [2.05, 4.69) is 23.7 Å². The quantitative estimate of drug-likeness (QED) is 0.825. The Balaban J connectivity index is 1.90. The van der Waals surface area contributed by atoms with Crippen LogP contribution in [0.25, 0.3) is 0 Å². The highest BCUT2D eigenvalue weighted by Gasteiger charge is 2.33. The summed E-state index contributed by atoms with van der Waals surface area (Å²) in [5.74, 6) is 0.483. The van der Waals surface area contributed by atoms with Gasteiger partial charge in [0.2, 0.25) is 5.91 Å². The molecule has 0 unspecified atom stereocenters. The van der Waals surface area contributed by atoms with Gasteiger partial charge in [-0.1, -0.05) is 0 Å². The van der Waals surface area contributed by atoms with E-state index in [1.54, 1.807) is 20.3 Å². The van der Waals surface area contributed by atoms with Crippen LogP contribution in [0, 0.1) is 0 Å². The Morgan fingerprint density at radius 1 is 1.54 bits per heavy atom. The van der Waals surface area contributed by atoms with Gasteiger partial charge in [0.1, 0.15) is 12.4 Å². The minimum Gasteiger partial charge on any atom is -0.384 e. The number of amides is 1. The molecular formula is C17H28N4O3. The number of pyridine rings is 1. The van der Waals surface area contributed by atoms with Crippen LogP contribution in [-0.4, -0.2) is 72.8 Å². The minimum absolute atomic E-state index is 0.0470. The fourth-order valence-corrected chi connectivity index (χ4v) is 2.88. The van der Waals surface area contributed by atoms with Crippen molar-refractivity contribution in [2.45, 2.75) is 32.1 Å². The second kappa shape index (κ2) is 7.92. The molecule has 2 N–H and O–H groups in total. The van der Waals surface area contributed by atoms with Crippen LogP contribution in [0.2, 0.25) is 0 Å². The van der Waals surface area contributed by atoms with Crippen molar-refractivity contribution in [2.75, 3.05) is 46.1 Å². The first kappa shape index (κ1) is 18.6. The van der Waals surface area contributed by atoms with Gasteiger partial charge >= 0.3 is 0 Å². The van der Waals surface area contributed by atoms with Crippen LogP contribution < -0.4 is 5.73 Å². The van der Waals surface area contributed by atoms with Gasteiger partial charge < -0.3 is 20.1 Å². The number of hydrogen-bond donors (Lipinski definition) is 1. The van der Waals surface area contributed by atoms with Gasteiger partial charge in [-0.15, -0.1) is 0 Å². The molecule has 7 heteroatoms. The molecule has 0 aliphatic carbocycles. The Bertz CT molecular complexity index is 563. The summed E-state index contributed by atoms with van der Waals surface area (Å²) in [6.07, 6.45) is 1.66. The number of aromatic nitrogens is 1. The molecule has 2 rings (SSSR count). The number of rotatable bonds is 6. The van der Waals surface area contributed by atoms with Crippen LogP contribution in [0.5, 0.6) is 0 Å². The number of carbonyl (C=O) groups is 1. The van der Waals surface area contributed by atoms with Gasteiger partial charge in [-0.25, -0.2) is 4.98 Å². The Morgan fingerprint density at radius 3 is 2.96 bits per heavy atom. The van der Waals surface area contributed by atoms with Crippen LogP contribution >= 0.6 is 0 Å². The number of morpholine rings is 1. The lowest BCUT2D eigenvalue weighted by Crippen LogP contribution is -2.53. The van der Waals surface area contributed by atoms with Gasteiger partial charge in [-0.2, -0.15) is 0 Å². The zero-order chi connectivity index (χ0) is 17.7. The van der Waals surface area contributed by atoms with E-state index in [4.69, 9.17) is 15.2 Å². The van der Waals surface area contributed by atoms with E-state index >= 15 is 0 Å². The smallest absolute Gasteiger partial charge is 0.248 e. The van der Waals surface area contributed by atoms with E-state index in [1.807, 2.05) is 12.1 Å². The molecule has 1 atom stereocenters. The van der Waals surface area contributed by atoms with Crippen molar-refractivity contribution in [3.63, 3.8) is 0 Å². The zero-order valence-corrected chi connectivity index (χ0v) is 15.0. The summed E-state index contributed by atoms with van der Waals surface area (Å²) in [5.41, 5.74) is 6.61. The first-order chi connectivity index (χ1) is 11.2. The SMILES string of the molecule is CN(C)C(=O)COC[C@H]1CN(Cc2ccnc(N)c2)CC(C)(C)O1. The van der Waals surface area contributed by atoms with E-state index in [9.17, 15) is 4.79 Å². The number of nitrogen functional groups attached to an aromatic ring is 1. The largest absolute Gasteiger partial charge is 0.384 e. The molecule has 1 amide bonds. The highest BCUT2D eigenvalue weighted by Crippen LogP contribution is 2.23. The highest BCUT2D eigenvalue weighted by molar-refractivity contribution is 5.76. The van der Waals surface area contributed by atoms with E-state index in [1.165, 1.54) is 4.90 Å². The Kier molecular flexibility index (Phi) is 6.15. The third kappa shape index (κ3) is 5.74. The molecule has 0 spiro atoms. The van der Waals surface area contributed by atoms with Gasteiger partial charge in [0.25, 0.3) is 0 Å². The molecule has 1 saturated heterocycles. The van der Waals surface area contributed by atoms with Crippen molar-refractivity contribution in [1.82, 2.24) is 14.8 Å². The third-order valence-electron chi connectivity index (χ3n) is 3.83. The van der Waals surface area contributed by atoms with E-state index < -0.39 is 0 Å². The number of likely N-dealkylation sites (N-methyl/N-ethyl adjacent to an activating group) is 1. The summed E-state index contributed by atoms with van der Waals surface area (Å²) in [6.45, 7) is 6.97. The number of anilines is 1. The maximum Gasteiger partial charge on any atom is 0.248 e. The molecular weight excluding hydrogens is 308 g/mol. The summed E-state index contributed by atoms with van der Waals surface area (Å²) in [5, 5.41) is 0. The summed E-state index contributed by atoms with van der Waals surface area (Å²) >= 11 is 0. The van der Waals surface area contributed by atoms with Gasteiger partial charge in [-0.3, -0.25) is 9.69 Å². The Morgan fingerprint density at radius 2 is 2.29 bits per heavy atom. The molecule has 0 bridgehead atoms. The fourth-order valence-electron chi connectivity index (χ4n) is 2.88. The first-order valence-corrected chi connectivity index (χ1v) is 8.14. The van der Waals surface area contributed by atoms with Crippen molar-refractivity contribution in [2.24, 2.45) is 0 Å². The van der Waals surface area contributed by atoms with E-state index in [-0.39, 0.29) is 24.2 Å². The molecule has 134 valence electrons.